The monoisotopic (exact) mass is 384 g/mol. The van der Waals surface area contributed by atoms with Crippen LogP contribution in [0, 0.1) is 6.92 Å². The molecule has 2 amide bonds. The van der Waals surface area contributed by atoms with Crippen molar-refractivity contribution in [2.24, 2.45) is 0 Å². The van der Waals surface area contributed by atoms with Crippen molar-refractivity contribution in [1.82, 2.24) is 14.8 Å². The molecule has 2 saturated heterocycles. The molecule has 3 heterocycles. The molecule has 0 aliphatic carbocycles. The standard InChI is InChI=1S/C20H24N4O2S/c1-15-5-4-6-16(13-15)22-9-11-24(12-10-22)19(25)17-14-27-18(21-17)20(26)23-7-2-3-8-23/h4-6,13-14H,2-3,7-12H2,1H3. The number of piperazine rings is 1. The van der Waals surface area contributed by atoms with Gasteiger partial charge in [-0.15, -0.1) is 11.3 Å². The highest BCUT2D eigenvalue weighted by Crippen LogP contribution is 2.20. The summed E-state index contributed by atoms with van der Waals surface area (Å²) >= 11 is 1.28. The molecule has 0 spiro atoms. The number of nitrogens with zero attached hydrogens (tertiary/aromatic N) is 4. The van der Waals surface area contributed by atoms with E-state index in [1.807, 2.05) is 9.80 Å². The van der Waals surface area contributed by atoms with E-state index in [1.54, 1.807) is 5.38 Å². The van der Waals surface area contributed by atoms with E-state index in [-0.39, 0.29) is 11.8 Å². The van der Waals surface area contributed by atoms with Gasteiger partial charge in [-0.3, -0.25) is 9.59 Å². The van der Waals surface area contributed by atoms with Crippen molar-refractivity contribution in [3.05, 3.63) is 45.9 Å². The van der Waals surface area contributed by atoms with E-state index in [4.69, 9.17) is 0 Å². The minimum atomic E-state index is -0.0735. The number of thiazole rings is 1. The van der Waals surface area contributed by atoms with Gasteiger partial charge in [0, 0.05) is 50.3 Å². The average Bonchev–Trinajstić information content (AvgIpc) is 3.39. The molecule has 0 saturated carbocycles. The molecule has 0 unspecified atom stereocenters. The van der Waals surface area contributed by atoms with Crippen LogP contribution in [0.3, 0.4) is 0 Å². The zero-order valence-electron chi connectivity index (χ0n) is 15.6. The predicted molar refractivity (Wildman–Crippen MR) is 107 cm³/mol. The van der Waals surface area contributed by atoms with Crippen molar-refractivity contribution in [1.29, 1.82) is 0 Å². The van der Waals surface area contributed by atoms with Crippen LogP contribution in [0.25, 0.3) is 0 Å². The molecule has 2 fully saturated rings. The van der Waals surface area contributed by atoms with Crippen LogP contribution in [0.5, 0.6) is 0 Å². The fourth-order valence-electron chi connectivity index (χ4n) is 3.68. The third kappa shape index (κ3) is 3.83. The third-order valence-corrected chi connectivity index (χ3v) is 6.06. The van der Waals surface area contributed by atoms with Crippen molar-refractivity contribution < 1.29 is 9.59 Å². The molecule has 2 aliphatic rings. The first-order valence-corrected chi connectivity index (χ1v) is 10.4. The summed E-state index contributed by atoms with van der Waals surface area (Å²) in [5.74, 6) is -0.114. The van der Waals surface area contributed by atoms with Crippen molar-refractivity contribution in [3.8, 4) is 0 Å². The SMILES string of the molecule is Cc1cccc(N2CCN(C(=O)c3csc(C(=O)N4CCCC4)n3)CC2)c1. The normalized spacial score (nSPS) is 17.4. The Hall–Kier alpha value is -2.41. The van der Waals surface area contributed by atoms with Gasteiger partial charge in [0.15, 0.2) is 5.01 Å². The zero-order valence-corrected chi connectivity index (χ0v) is 16.4. The van der Waals surface area contributed by atoms with Crippen LogP contribution in [-0.2, 0) is 0 Å². The van der Waals surface area contributed by atoms with Gasteiger partial charge in [-0.25, -0.2) is 4.98 Å². The summed E-state index contributed by atoms with van der Waals surface area (Å²) in [6.45, 7) is 6.62. The maximum Gasteiger partial charge on any atom is 0.282 e. The number of likely N-dealkylation sites (tertiary alicyclic amines) is 1. The molecule has 0 radical (unpaired) electrons. The minimum Gasteiger partial charge on any atom is -0.368 e. The van der Waals surface area contributed by atoms with E-state index < -0.39 is 0 Å². The summed E-state index contributed by atoms with van der Waals surface area (Å²) in [7, 11) is 0. The maximum absolute atomic E-state index is 12.8. The summed E-state index contributed by atoms with van der Waals surface area (Å²) in [6.07, 6.45) is 2.10. The molecular formula is C20H24N4O2S. The minimum absolute atomic E-state index is 0.0409. The number of aryl methyl sites for hydroxylation is 1. The summed E-state index contributed by atoms with van der Waals surface area (Å²) in [4.78, 5) is 35.5. The average molecular weight is 385 g/mol. The van der Waals surface area contributed by atoms with Gasteiger partial charge in [-0.05, 0) is 37.5 Å². The van der Waals surface area contributed by atoms with Gasteiger partial charge < -0.3 is 14.7 Å². The molecule has 0 bridgehead atoms. The number of amides is 2. The molecule has 2 aromatic rings. The fourth-order valence-corrected chi connectivity index (χ4v) is 4.44. The Balaban J connectivity index is 1.37. The Morgan fingerprint density at radius 1 is 0.963 bits per heavy atom. The number of carbonyl (C=O) groups excluding carboxylic acids is 2. The summed E-state index contributed by atoms with van der Waals surface area (Å²) in [6, 6.07) is 8.44. The second-order valence-corrected chi connectivity index (χ2v) is 8.01. The van der Waals surface area contributed by atoms with E-state index >= 15 is 0 Å². The number of aromatic nitrogens is 1. The van der Waals surface area contributed by atoms with Crippen LogP contribution in [-0.4, -0.2) is 65.9 Å². The quantitative estimate of drug-likeness (QED) is 0.816. The van der Waals surface area contributed by atoms with Gasteiger partial charge >= 0.3 is 0 Å². The smallest absolute Gasteiger partial charge is 0.282 e. The highest BCUT2D eigenvalue weighted by Gasteiger charge is 2.27. The second kappa shape index (κ2) is 7.68. The molecule has 4 rings (SSSR count). The first-order chi connectivity index (χ1) is 13.1. The number of benzene rings is 1. The molecule has 2 aliphatic heterocycles. The Bertz CT molecular complexity index is 836. The summed E-state index contributed by atoms with van der Waals surface area (Å²) < 4.78 is 0. The lowest BCUT2D eigenvalue weighted by molar-refractivity contribution is 0.0741. The Morgan fingerprint density at radius 3 is 2.37 bits per heavy atom. The van der Waals surface area contributed by atoms with Crippen molar-refractivity contribution in [3.63, 3.8) is 0 Å². The fraction of sp³-hybridized carbons (Fsp3) is 0.450. The Kier molecular flexibility index (Phi) is 5.11. The molecular weight excluding hydrogens is 360 g/mol. The van der Waals surface area contributed by atoms with Crippen LogP contribution in [0.15, 0.2) is 29.6 Å². The lowest BCUT2D eigenvalue weighted by atomic mass is 10.2. The van der Waals surface area contributed by atoms with Crippen molar-refractivity contribution >= 4 is 28.8 Å². The van der Waals surface area contributed by atoms with Gasteiger partial charge in [0.1, 0.15) is 5.69 Å². The topological polar surface area (TPSA) is 56.8 Å². The highest BCUT2D eigenvalue weighted by molar-refractivity contribution is 7.11. The molecule has 0 N–H and O–H groups in total. The predicted octanol–water partition coefficient (Wildman–Crippen LogP) is 2.65. The van der Waals surface area contributed by atoms with Crippen LogP contribution >= 0.6 is 11.3 Å². The van der Waals surface area contributed by atoms with Crippen LogP contribution < -0.4 is 4.90 Å². The van der Waals surface area contributed by atoms with E-state index in [0.717, 1.165) is 39.0 Å². The largest absolute Gasteiger partial charge is 0.368 e. The first-order valence-electron chi connectivity index (χ1n) is 9.47. The molecule has 1 aromatic carbocycles. The molecule has 0 atom stereocenters. The number of anilines is 1. The van der Waals surface area contributed by atoms with E-state index in [2.05, 4.69) is 41.1 Å². The van der Waals surface area contributed by atoms with Crippen LogP contribution in [0.4, 0.5) is 5.69 Å². The van der Waals surface area contributed by atoms with Gasteiger partial charge in [-0.2, -0.15) is 0 Å². The summed E-state index contributed by atoms with van der Waals surface area (Å²) in [5.41, 5.74) is 2.84. The molecule has 6 nitrogen and oxygen atoms in total. The lowest BCUT2D eigenvalue weighted by Gasteiger charge is -2.36. The summed E-state index contributed by atoms with van der Waals surface area (Å²) in [5, 5.41) is 2.15. The number of hydrogen-bond donors (Lipinski definition) is 0. The Morgan fingerprint density at radius 2 is 1.67 bits per heavy atom. The van der Waals surface area contributed by atoms with Crippen LogP contribution in [0.1, 0.15) is 38.7 Å². The highest BCUT2D eigenvalue weighted by atomic mass is 32.1. The first kappa shape index (κ1) is 18.0. The zero-order chi connectivity index (χ0) is 18.8. The van der Waals surface area contributed by atoms with Crippen molar-refractivity contribution in [2.45, 2.75) is 19.8 Å². The van der Waals surface area contributed by atoms with Gasteiger partial charge in [0.25, 0.3) is 11.8 Å². The Labute approximate surface area is 163 Å². The lowest BCUT2D eigenvalue weighted by Crippen LogP contribution is -2.48. The number of carbonyl (C=O) groups is 2. The number of rotatable bonds is 3. The second-order valence-electron chi connectivity index (χ2n) is 7.16. The molecule has 1 aromatic heterocycles. The van der Waals surface area contributed by atoms with Crippen molar-refractivity contribution in [2.75, 3.05) is 44.2 Å². The molecule has 27 heavy (non-hydrogen) atoms. The third-order valence-electron chi connectivity index (χ3n) is 5.23. The van der Waals surface area contributed by atoms with Gasteiger partial charge in [0.05, 0.1) is 0 Å². The van der Waals surface area contributed by atoms with E-state index in [9.17, 15) is 9.59 Å². The van der Waals surface area contributed by atoms with E-state index in [1.165, 1.54) is 22.6 Å². The number of hydrogen-bond acceptors (Lipinski definition) is 5. The van der Waals surface area contributed by atoms with Crippen LogP contribution in [0.2, 0.25) is 0 Å². The molecule has 142 valence electrons. The van der Waals surface area contributed by atoms with Gasteiger partial charge in [0.2, 0.25) is 0 Å². The van der Waals surface area contributed by atoms with Gasteiger partial charge in [-0.1, -0.05) is 12.1 Å². The van der Waals surface area contributed by atoms with E-state index in [0.29, 0.717) is 23.8 Å². The maximum atomic E-state index is 12.8. The molecule has 7 heteroatoms.